The van der Waals surface area contributed by atoms with Gasteiger partial charge in [0.25, 0.3) is 0 Å². The van der Waals surface area contributed by atoms with Gasteiger partial charge in [-0.1, -0.05) is 42.1 Å². The highest BCUT2D eigenvalue weighted by Gasteiger charge is 2.00. The monoisotopic (exact) mass is 391 g/mol. The minimum Gasteiger partial charge on any atom is -0.493 e. The minimum absolute atomic E-state index is 0.440. The van der Waals surface area contributed by atoms with E-state index < -0.39 is 0 Å². The second-order valence-electron chi connectivity index (χ2n) is 4.58. The van der Waals surface area contributed by atoms with Crippen LogP contribution < -0.4 is 10.5 Å². The Hall–Kier alpha value is -1.79. The third-order valence-corrected chi connectivity index (χ3v) is 4.32. The summed E-state index contributed by atoms with van der Waals surface area (Å²) >= 11 is 4.93. The van der Waals surface area contributed by atoms with Gasteiger partial charge in [0, 0.05) is 5.75 Å². The van der Waals surface area contributed by atoms with Gasteiger partial charge >= 0.3 is 0 Å². The average molecular weight is 392 g/mol. The van der Waals surface area contributed by atoms with E-state index in [2.05, 4.69) is 38.3 Å². The first-order chi connectivity index (χ1) is 11.2. The molecule has 0 aromatic heterocycles. The number of hydrogen-bond acceptors (Lipinski definition) is 4. The fraction of sp³-hybridized carbons (Fsp3) is 0.176. The highest BCUT2D eigenvalue weighted by atomic mass is 79.9. The van der Waals surface area contributed by atoms with Crippen LogP contribution in [0.15, 0.2) is 63.2 Å². The number of ether oxygens (including phenoxy) is 1. The van der Waals surface area contributed by atoms with Crippen LogP contribution in [0.1, 0.15) is 18.1 Å². The Labute approximate surface area is 149 Å². The molecule has 0 atom stereocenters. The Morgan fingerprint density at radius 3 is 2.74 bits per heavy atom. The molecule has 0 heterocycles. The topological polar surface area (TPSA) is 60.0 Å². The number of benzene rings is 2. The molecule has 0 saturated carbocycles. The van der Waals surface area contributed by atoms with Crippen molar-refractivity contribution in [2.45, 2.75) is 12.7 Å². The van der Waals surface area contributed by atoms with Crippen LogP contribution in [0.25, 0.3) is 0 Å². The number of thioether (sulfide) groups is 1. The van der Waals surface area contributed by atoms with E-state index in [0.29, 0.717) is 11.8 Å². The molecule has 0 unspecified atom stereocenters. The molecule has 0 bridgehead atoms. The van der Waals surface area contributed by atoms with E-state index in [9.17, 15) is 0 Å². The molecule has 4 nitrogen and oxygen atoms in total. The number of amidine groups is 1. The predicted molar refractivity (Wildman–Crippen MR) is 102 cm³/mol. The predicted octanol–water partition coefficient (Wildman–Crippen LogP) is 4.43. The van der Waals surface area contributed by atoms with Crippen molar-refractivity contribution in [2.75, 3.05) is 6.61 Å². The van der Waals surface area contributed by atoms with Crippen LogP contribution in [-0.4, -0.2) is 18.0 Å². The lowest BCUT2D eigenvalue weighted by atomic mass is 10.2. The number of nitrogens with two attached hydrogens (primary N) is 1. The van der Waals surface area contributed by atoms with Gasteiger partial charge in [0.15, 0.2) is 5.17 Å². The van der Waals surface area contributed by atoms with E-state index in [1.54, 1.807) is 6.21 Å². The Bertz CT molecular complexity index is 689. The molecule has 2 rings (SSSR count). The fourth-order valence-corrected chi connectivity index (χ4v) is 2.91. The van der Waals surface area contributed by atoms with E-state index in [1.807, 2.05) is 43.3 Å². The summed E-state index contributed by atoms with van der Waals surface area (Å²) in [5, 5.41) is 8.47. The Kier molecular flexibility index (Phi) is 7.16. The van der Waals surface area contributed by atoms with Gasteiger partial charge in [-0.25, -0.2) is 0 Å². The largest absolute Gasteiger partial charge is 0.493 e. The van der Waals surface area contributed by atoms with Crippen molar-refractivity contribution < 1.29 is 4.74 Å². The fourth-order valence-electron chi connectivity index (χ4n) is 1.78. The standard InChI is InChI=1S/C17H18BrN3OS/c1-2-22-16-9-8-14(10-15(16)18)11-20-21-17(19)23-12-13-6-4-3-5-7-13/h3-11H,2,12H2,1H3,(H2,19,21). The summed E-state index contributed by atoms with van der Waals surface area (Å²) in [7, 11) is 0. The average Bonchev–Trinajstić information content (AvgIpc) is 2.56. The highest BCUT2D eigenvalue weighted by molar-refractivity contribution is 9.10. The molecule has 0 aliphatic heterocycles. The molecule has 2 N–H and O–H groups in total. The maximum Gasteiger partial charge on any atom is 0.180 e. The Balaban J connectivity index is 1.90. The van der Waals surface area contributed by atoms with Crippen LogP contribution >= 0.6 is 27.7 Å². The first kappa shape index (κ1) is 17.6. The zero-order chi connectivity index (χ0) is 16.5. The SMILES string of the molecule is CCOc1ccc(C=NN=C(N)SCc2ccccc2)cc1Br. The number of nitrogens with zero attached hydrogens (tertiary/aromatic N) is 2. The molecule has 0 spiro atoms. The molecule has 2 aromatic rings. The number of hydrogen-bond donors (Lipinski definition) is 1. The van der Waals surface area contributed by atoms with Crippen molar-refractivity contribution in [3.05, 3.63) is 64.1 Å². The first-order valence-corrected chi connectivity index (χ1v) is 8.92. The second-order valence-corrected chi connectivity index (χ2v) is 6.43. The summed E-state index contributed by atoms with van der Waals surface area (Å²) in [6, 6.07) is 15.9. The summed E-state index contributed by atoms with van der Waals surface area (Å²) in [6.07, 6.45) is 1.66. The van der Waals surface area contributed by atoms with E-state index in [0.717, 1.165) is 21.5 Å². The maximum absolute atomic E-state index is 5.85. The van der Waals surface area contributed by atoms with Gasteiger partial charge in [-0.3, -0.25) is 0 Å². The van der Waals surface area contributed by atoms with Crippen LogP contribution in [0.2, 0.25) is 0 Å². The van der Waals surface area contributed by atoms with Gasteiger partial charge in [0.1, 0.15) is 5.75 Å². The van der Waals surface area contributed by atoms with Gasteiger partial charge in [0.05, 0.1) is 17.3 Å². The Morgan fingerprint density at radius 2 is 2.04 bits per heavy atom. The van der Waals surface area contributed by atoms with Crippen molar-refractivity contribution in [3.8, 4) is 5.75 Å². The molecule has 120 valence electrons. The lowest BCUT2D eigenvalue weighted by Crippen LogP contribution is -2.06. The molecule has 23 heavy (non-hydrogen) atoms. The van der Waals surface area contributed by atoms with E-state index in [4.69, 9.17) is 10.5 Å². The molecule has 2 aromatic carbocycles. The summed E-state index contributed by atoms with van der Waals surface area (Å²) in [5.74, 6) is 1.59. The van der Waals surface area contributed by atoms with Crippen LogP contribution in [0.4, 0.5) is 0 Å². The summed E-state index contributed by atoms with van der Waals surface area (Å²) < 4.78 is 6.35. The van der Waals surface area contributed by atoms with Gasteiger partial charge in [-0.05, 0) is 52.2 Å². The zero-order valence-electron chi connectivity index (χ0n) is 12.8. The molecule has 0 aliphatic carbocycles. The van der Waals surface area contributed by atoms with Crippen LogP contribution in [0.5, 0.6) is 5.75 Å². The van der Waals surface area contributed by atoms with Crippen molar-refractivity contribution in [1.82, 2.24) is 0 Å². The van der Waals surface area contributed by atoms with Crippen molar-refractivity contribution in [1.29, 1.82) is 0 Å². The third-order valence-electron chi connectivity index (χ3n) is 2.85. The van der Waals surface area contributed by atoms with E-state index >= 15 is 0 Å². The van der Waals surface area contributed by atoms with Crippen LogP contribution in [0, 0.1) is 0 Å². The summed E-state index contributed by atoms with van der Waals surface area (Å²) in [5.41, 5.74) is 7.97. The maximum atomic E-state index is 5.85. The number of rotatable bonds is 6. The molecule has 6 heteroatoms. The van der Waals surface area contributed by atoms with E-state index in [-0.39, 0.29) is 0 Å². The van der Waals surface area contributed by atoms with Crippen molar-refractivity contribution in [3.63, 3.8) is 0 Å². The molecule has 0 fully saturated rings. The molecule has 0 saturated heterocycles. The molecule has 0 aliphatic rings. The normalized spacial score (nSPS) is 11.8. The minimum atomic E-state index is 0.440. The van der Waals surface area contributed by atoms with Crippen molar-refractivity contribution >= 4 is 39.1 Å². The lowest BCUT2D eigenvalue weighted by Gasteiger charge is -2.05. The molecular formula is C17H18BrN3OS. The van der Waals surface area contributed by atoms with Gasteiger partial charge in [-0.15, -0.1) is 5.10 Å². The van der Waals surface area contributed by atoms with Crippen LogP contribution in [-0.2, 0) is 5.75 Å². The van der Waals surface area contributed by atoms with E-state index in [1.165, 1.54) is 17.3 Å². The Morgan fingerprint density at radius 1 is 1.26 bits per heavy atom. The quantitative estimate of drug-likeness (QED) is 0.450. The summed E-state index contributed by atoms with van der Waals surface area (Å²) in [4.78, 5) is 0. The smallest absolute Gasteiger partial charge is 0.180 e. The second kappa shape index (κ2) is 9.37. The molecule has 0 amide bonds. The lowest BCUT2D eigenvalue weighted by molar-refractivity contribution is 0.338. The number of halogens is 1. The van der Waals surface area contributed by atoms with Crippen LogP contribution in [0.3, 0.4) is 0 Å². The summed E-state index contributed by atoms with van der Waals surface area (Å²) in [6.45, 7) is 2.58. The highest BCUT2D eigenvalue weighted by Crippen LogP contribution is 2.25. The molecule has 0 radical (unpaired) electrons. The zero-order valence-corrected chi connectivity index (χ0v) is 15.2. The van der Waals surface area contributed by atoms with Gasteiger partial charge in [0.2, 0.25) is 0 Å². The third kappa shape index (κ3) is 6.08. The van der Waals surface area contributed by atoms with Gasteiger partial charge in [-0.2, -0.15) is 5.10 Å². The van der Waals surface area contributed by atoms with Crippen molar-refractivity contribution in [2.24, 2.45) is 15.9 Å². The van der Waals surface area contributed by atoms with Gasteiger partial charge < -0.3 is 10.5 Å². The first-order valence-electron chi connectivity index (χ1n) is 7.14. The molecular weight excluding hydrogens is 374 g/mol.